The minimum absolute atomic E-state index is 0.240. The maximum Gasteiger partial charge on any atom is 0.413 e. The highest BCUT2D eigenvalue weighted by molar-refractivity contribution is 9.10. The van der Waals surface area contributed by atoms with Crippen LogP contribution in [0, 0.1) is 0 Å². The van der Waals surface area contributed by atoms with Crippen molar-refractivity contribution >= 4 is 33.8 Å². The Morgan fingerprint density at radius 2 is 2.10 bits per heavy atom. The molecule has 0 aliphatic carbocycles. The van der Waals surface area contributed by atoms with Gasteiger partial charge in [0.1, 0.15) is 17.2 Å². The first-order valence-electron chi connectivity index (χ1n) is 6.35. The smallest absolute Gasteiger partial charge is 0.413 e. The minimum Gasteiger partial charge on any atom is -0.444 e. The van der Waals surface area contributed by atoms with E-state index >= 15 is 0 Å². The van der Waals surface area contributed by atoms with Crippen molar-refractivity contribution in [1.29, 1.82) is 0 Å². The van der Waals surface area contributed by atoms with Crippen molar-refractivity contribution in [3.63, 3.8) is 0 Å². The van der Waals surface area contributed by atoms with Gasteiger partial charge < -0.3 is 9.84 Å². The lowest BCUT2D eigenvalue weighted by Gasteiger charge is -2.30. The second-order valence-corrected chi connectivity index (χ2v) is 7.54. The summed E-state index contributed by atoms with van der Waals surface area (Å²) in [6.07, 6.45) is -1.32. The molecule has 0 radical (unpaired) electrons. The number of hydrogen-bond acceptors (Lipinski definition) is 4. The molecule has 2 atom stereocenters. The maximum absolute atomic E-state index is 12.3. The Morgan fingerprint density at radius 1 is 1.45 bits per heavy atom. The highest BCUT2D eigenvalue weighted by atomic mass is 79.9. The molecule has 0 spiro atoms. The highest BCUT2D eigenvalue weighted by Gasteiger charge is 2.40. The molecule has 1 aromatic rings. The molecule has 2 rings (SSSR count). The van der Waals surface area contributed by atoms with Gasteiger partial charge in [-0.05, 0) is 32.4 Å². The van der Waals surface area contributed by atoms with Crippen LogP contribution in [0.25, 0.3) is 0 Å². The molecule has 0 bridgehead atoms. The molecule has 0 aromatic heterocycles. The van der Waals surface area contributed by atoms with Gasteiger partial charge in [-0.15, -0.1) is 11.8 Å². The molecule has 0 saturated carbocycles. The fourth-order valence-electron chi connectivity index (χ4n) is 1.94. The summed E-state index contributed by atoms with van der Waals surface area (Å²) < 4.78 is 6.30. The molecular weight excluding hydrogens is 342 g/mol. The quantitative estimate of drug-likeness (QED) is 0.829. The molecule has 0 unspecified atom stereocenters. The topological polar surface area (TPSA) is 49.8 Å². The number of aliphatic hydroxyl groups is 1. The lowest BCUT2D eigenvalue weighted by Crippen LogP contribution is -2.41. The molecule has 1 aliphatic rings. The van der Waals surface area contributed by atoms with Crippen molar-refractivity contribution in [2.45, 2.75) is 38.0 Å². The summed E-state index contributed by atoms with van der Waals surface area (Å²) in [4.78, 5) is 13.7. The molecule has 1 aliphatic heterocycles. The van der Waals surface area contributed by atoms with E-state index in [-0.39, 0.29) is 5.37 Å². The fourth-order valence-corrected chi connectivity index (χ4v) is 3.88. The SMILES string of the molecule is CC(C)(C)OC(=O)N1[C@H](O)CS[C@@H]1c1ccccc1Br. The zero-order valence-corrected chi connectivity index (χ0v) is 14.1. The second-order valence-electron chi connectivity index (χ2n) is 5.58. The predicted octanol–water partition coefficient (Wildman–Crippen LogP) is 3.75. The molecule has 1 aromatic carbocycles. The molecule has 1 saturated heterocycles. The third-order valence-electron chi connectivity index (χ3n) is 2.75. The van der Waals surface area contributed by atoms with Gasteiger partial charge in [0, 0.05) is 10.2 Å². The van der Waals surface area contributed by atoms with E-state index in [9.17, 15) is 9.90 Å². The molecular formula is C14H18BrNO3S. The maximum atomic E-state index is 12.3. The Hall–Kier alpha value is -0.720. The first kappa shape index (κ1) is 15.7. The zero-order valence-electron chi connectivity index (χ0n) is 11.7. The number of ether oxygens (including phenoxy) is 1. The summed E-state index contributed by atoms with van der Waals surface area (Å²) in [6.45, 7) is 5.44. The van der Waals surface area contributed by atoms with E-state index < -0.39 is 17.9 Å². The number of aliphatic hydroxyl groups excluding tert-OH is 1. The van der Waals surface area contributed by atoms with Gasteiger partial charge >= 0.3 is 6.09 Å². The first-order valence-corrected chi connectivity index (χ1v) is 8.19. The van der Waals surface area contributed by atoms with Crippen LogP contribution in [0.2, 0.25) is 0 Å². The normalized spacial score (nSPS) is 22.9. The third kappa shape index (κ3) is 3.48. The number of hydrogen-bond donors (Lipinski definition) is 1. The molecule has 1 heterocycles. The van der Waals surface area contributed by atoms with Gasteiger partial charge in [-0.25, -0.2) is 4.79 Å². The monoisotopic (exact) mass is 359 g/mol. The summed E-state index contributed by atoms with van der Waals surface area (Å²) in [5, 5.41) is 9.83. The third-order valence-corrected chi connectivity index (χ3v) is 4.76. The molecule has 1 N–H and O–H groups in total. The Bertz CT molecular complexity index is 503. The summed E-state index contributed by atoms with van der Waals surface area (Å²) >= 11 is 5.02. The van der Waals surface area contributed by atoms with Crippen molar-refractivity contribution in [1.82, 2.24) is 4.90 Å². The molecule has 110 valence electrons. The van der Waals surface area contributed by atoms with Crippen LogP contribution in [-0.2, 0) is 4.74 Å². The number of thioether (sulfide) groups is 1. The molecule has 4 nitrogen and oxygen atoms in total. The van der Waals surface area contributed by atoms with Crippen LogP contribution in [0.15, 0.2) is 28.7 Å². The van der Waals surface area contributed by atoms with Gasteiger partial charge in [0.25, 0.3) is 0 Å². The Labute approximate surface area is 131 Å². The number of amides is 1. The van der Waals surface area contributed by atoms with Gasteiger partial charge in [0.05, 0.1) is 0 Å². The van der Waals surface area contributed by atoms with Gasteiger partial charge in [0.2, 0.25) is 0 Å². The second kappa shape index (κ2) is 5.95. The largest absolute Gasteiger partial charge is 0.444 e. The van der Waals surface area contributed by atoms with Crippen molar-refractivity contribution in [3.8, 4) is 0 Å². The summed E-state index contributed by atoms with van der Waals surface area (Å²) in [5.74, 6) is 0.477. The summed E-state index contributed by atoms with van der Waals surface area (Å²) in [7, 11) is 0. The van der Waals surface area contributed by atoms with Crippen molar-refractivity contribution < 1.29 is 14.6 Å². The van der Waals surface area contributed by atoms with Crippen LogP contribution in [0.5, 0.6) is 0 Å². The lowest BCUT2D eigenvalue weighted by atomic mass is 10.2. The number of carbonyl (C=O) groups is 1. The van der Waals surface area contributed by atoms with E-state index in [2.05, 4.69) is 15.9 Å². The van der Waals surface area contributed by atoms with Crippen LogP contribution in [0.4, 0.5) is 4.79 Å². The van der Waals surface area contributed by atoms with Gasteiger partial charge in [-0.1, -0.05) is 34.1 Å². The first-order chi connectivity index (χ1) is 9.29. The lowest BCUT2D eigenvalue weighted by molar-refractivity contribution is -0.0205. The number of halogens is 1. The van der Waals surface area contributed by atoms with Crippen molar-refractivity contribution in [2.75, 3.05) is 5.75 Å². The van der Waals surface area contributed by atoms with Crippen molar-refractivity contribution in [2.24, 2.45) is 0 Å². The summed E-state index contributed by atoms with van der Waals surface area (Å²) in [6, 6.07) is 7.70. The van der Waals surface area contributed by atoms with Crippen LogP contribution < -0.4 is 0 Å². The van der Waals surface area contributed by atoms with E-state index in [0.717, 1.165) is 10.0 Å². The average Bonchev–Trinajstić information content (AvgIpc) is 2.69. The number of rotatable bonds is 1. The van der Waals surface area contributed by atoms with Gasteiger partial charge in [-0.3, -0.25) is 4.90 Å². The predicted molar refractivity (Wildman–Crippen MR) is 83.4 cm³/mol. The molecule has 1 fully saturated rings. The Balaban J connectivity index is 2.25. The summed E-state index contributed by atoms with van der Waals surface area (Å²) in [5.41, 5.74) is 0.377. The molecule has 6 heteroatoms. The average molecular weight is 360 g/mol. The molecule has 20 heavy (non-hydrogen) atoms. The minimum atomic E-state index is -0.827. The highest BCUT2D eigenvalue weighted by Crippen LogP contribution is 2.43. The number of nitrogens with zero attached hydrogens (tertiary/aromatic N) is 1. The van der Waals surface area contributed by atoms with E-state index in [1.54, 1.807) is 0 Å². The zero-order chi connectivity index (χ0) is 14.9. The van der Waals surface area contributed by atoms with E-state index in [1.165, 1.54) is 16.7 Å². The van der Waals surface area contributed by atoms with E-state index in [4.69, 9.17) is 4.74 Å². The number of carbonyl (C=O) groups excluding carboxylic acids is 1. The van der Waals surface area contributed by atoms with Crippen LogP contribution >= 0.6 is 27.7 Å². The standard InChI is InChI=1S/C14H18BrNO3S/c1-14(2,3)19-13(18)16-11(17)8-20-12(16)9-6-4-5-7-10(9)15/h4-7,11-12,17H,8H2,1-3H3/t11-,12-/m1/s1. The van der Waals surface area contributed by atoms with Gasteiger partial charge in [0.15, 0.2) is 0 Å². The van der Waals surface area contributed by atoms with E-state index in [1.807, 2.05) is 45.0 Å². The van der Waals surface area contributed by atoms with Crippen molar-refractivity contribution in [3.05, 3.63) is 34.3 Å². The fraction of sp³-hybridized carbons (Fsp3) is 0.500. The van der Waals surface area contributed by atoms with E-state index in [0.29, 0.717) is 5.75 Å². The molecule has 1 amide bonds. The Kier molecular flexibility index (Phi) is 4.66. The van der Waals surface area contributed by atoms with Gasteiger partial charge in [-0.2, -0.15) is 0 Å². The van der Waals surface area contributed by atoms with Crippen LogP contribution in [0.3, 0.4) is 0 Å². The Morgan fingerprint density at radius 3 is 2.70 bits per heavy atom. The number of benzene rings is 1. The van der Waals surface area contributed by atoms with Crippen LogP contribution in [0.1, 0.15) is 31.7 Å². The van der Waals surface area contributed by atoms with Crippen LogP contribution in [-0.4, -0.2) is 33.7 Å².